The quantitative estimate of drug-likeness (QED) is 0.425. The van der Waals surface area contributed by atoms with Crippen LogP contribution in [0.2, 0.25) is 10.0 Å². The van der Waals surface area contributed by atoms with Crippen molar-refractivity contribution in [1.82, 2.24) is 19.5 Å². The Balaban J connectivity index is 1.52. The third-order valence-electron chi connectivity index (χ3n) is 6.63. The Morgan fingerprint density at radius 2 is 1.89 bits per heavy atom. The van der Waals surface area contributed by atoms with Crippen LogP contribution in [0.3, 0.4) is 0 Å². The molecule has 1 atom stereocenters. The molecule has 1 saturated heterocycles. The van der Waals surface area contributed by atoms with E-state index in [-0.39, 0.29) is 34.0 Å². The molecular weight excluding hydrogens is 496 g/mol. The molecule has 12 heteroatoms. The van der Waals surface area contributed by atoms with E-state index >= 15 is 0 Å². The first kappa shape index (κ1) is 24.0. The van der Waals surface area contributed by atoms with Crippen molar-refractivity contribution in [3.63, 3.8) is 0 Å². The fourth-order valence-corrected chi connectivity index (χ4v) is 5.38. The second kappa shape index (κ2) is 10.1. The molecule has 4 N–H and O–H groups in total. The van der Waals surface area contributed by atoms with Gasteiger partial charge >= 0.3 is 0 Å². The molecule has 1 aliphatic heterocycles. The van der Waals surface area contributed by atoms with Crippen molar-refractivity contribution in [1.29, 1.82) is 0 Å². The number of halogens is 3. The number of nitrogens with zero attached hydrogens (tertiary/aromatic N) is 4. The largest absolute Gasteiger partial charge is 0.379 e. The fraction of sp³-hybridized carbons (Fsp3) is 0.478. The summed E-state index contributed by atoms with van der Waals surface area (Å²) in [6, 6.07) is 2.53. The molecule has 3 heterocycles. The number of amides is 1. The average Bonchev–Trinajstić information content (AvgIpc) is 3.19. The molecule has 1 saturated carbocycles. The van der Waals surface area contributed by atoms with Gasteiger partial charge in [0.1, 0.15) is 11.3 Å². The van der Waals surface area contributed by atoms with E-state index in [9.17, 15) is 9.18 Å². The Labute approximate surface area is 211 Å². The molecule has 0 unspecified atom stereocenters. The van der Waals surface area contributed by atoms with Crippen molar-refractivity contribution in [3.05, 3.63) is 34.2 Å². The number of nitrogens with two attached hydrogens (primary N) is 1. The Bertz CT molecular complexity index is 1220. The third kappa shape index (κ3) is 5.14. The molecule has 0 spiro atoms. The summed E-state index contributed by atoms with van der Waals surface area (Å²) in [5, 5.41) is 6.81. The van der Waals surface area contributed by atoms with Gasteiger partial charge in [-0.3, -0.25) is 9.36 Å². The number of fused-ring (bicyclic) bond motifs is 1. The summed E-state index contributed by atoms with van der Waals surface area (Å²) < 4.78 is 21.3. The fourth-order valence-electron chi connectivity index (χ4n) is 4.82. The molecule has 35 heavy (non-hydrogen) atoms. The highest BCUT2D eigenvalue weighted by molar-refractivity contribution is 6.39. The summed E-state index contributed by atoms with van der Waals surface area (Å²) >= 11 is 12.6. The molecular formula is C23H26Cl2FN7O2. The SMILES string of the molecule is NC(=O)C1CCC(n2c(Nc3c(Cl)cc(F)cc3Cl)nc3cnc(N[C@H]4CCCOC4)nc32)CC1. The predicted octanol–water partition coefficient (Wildman–Crippen LogP) is 4.82. The highest BCUT2D eigenvalue weighted by Crippen LogP contribution is 2.39. The van der Waals surface area contributed by atoms with E-state index in [1.807, 2.05) is 4.57 Å². The summed E-state index contributed by atoms with van der Waals surface area (Å²) in [4.78, 5) is 25.6. The summed E-state index contributed by atoms with van der Waals surface area (Å²) in [6.45, 7) is 1.37. The van der Waals surface area contributed by atoms with Crippen LogP contribution in [-0.2, 0) is 9.53 Å². The number of anilines is 3. The minimum Gasteiger partial charge on any atom is -0.379 e. The number of carbonyl (C=O) groups excluding carboxylic acids is 1. The lowest BCUT2D eigenvalue weighted by atomic mass is 9.85. The second-order valence-electron chi connectivity index (χ2n) is 9.04. The minimum atomic E-state index is -0.530. The van der Waals surface area contributed by atoms with Crippen molar-refractivity contribution in [2.24, 2.45) is 11.7 Å². The van der Waals surface area contributed by atoms with Crippen LogP contribution in [0.1, 0.15) is 44.6 Å². The molecule has 0 bridgehead atoms. The van der Waals surface area contributed by atoms with Gasteiger partial charge in [0.2, 0.25) is 17.8 Å². The van der Waals surface area contributed by atoms with Crippen LogP contribution >= 0.6 is 23.2 Å². The van der Waals surface area contributed by atoms with Gasteiger partial charge in [0, 0.05) is 18.6 Å². The normalized spacial score (nSPS) is 22.8. The van der Waals surface area contributed by atoms with Crippen molar-refractivity contribution in [3.8, 4) is 0 Å². The van der Waals surface area contributed by atoms with Crippen molar-refractivity contribution in [2.45, 2.75) is 50.6 Å². The van der Waals surface area contributed by atoms with Crippen LogP contribution in [0.15, 0.2) is 18.3 Å². The van der Waals surface area contributed by atoms with E-state index in [1.54, 1.807) is 6.20 Å². The zero-order valence-corrected chi connectivity index (χ0v) is 20.4. The van der Waals surface area contributed by atoms with E-state index in [0.717, 1.165) is 32.3 Å². The molecule has 1 aromatic carbocycles. The van der Waals surface area contributed by atoms with Crippen molar-refractivity contribution in [2.75, 3.05) is 23.8 Å². The summed E-state index contributed by atoms with van der Waals surface area (Å²) in [5.74, 6) is 0.00844. The standard InChI is InChI=1S/C23H26Cl2FN7O2/c24-16-8-13(26)9-17(25)19(16)31-23-30-18-10-28-22(29-14-2-1-7-35-11-14)32-21(18)33(23)15-5-3-12(4-6-15)20(27)34/h8-10,12,14-15H,1-7,11H2,(H2,27,34)(H,30,31)(H,28,29,32)/t12?,14-,15?/m0/s1. The Hall–Kier alpha value is -2.69. The van der Waals surface area contributed by atoms with Crippen LogP contribution in [0, 0.1) is 11.7 Å². The zero-order valence-electron chi connectivity index (χ0n) is 18.9. The zero-order chi connectivity index (χ0) is 24.5. The lowest BCUT2D eigenvalue weighted by Crippen LogP contribution is -2.31. The maximum atomic E-state index is 13.7. The maximum absolute atomic E-state index is 13.7. The lowest BCUT2D eigenvalue weighted by Gasteiger charge is -2.29. The average molecular weight is 522 g/mol. The number of nitrogens with one attached hydrogen (secondary N) is 2. The van der Waals surface area contributed by atoms with Gasteiger partial charge in [-0.2, -0.15) is 4.98 Å². The number of benzene rings is 1. The molecule has 0 radical (unpaired) electrons. The summed E-state index contributed by atoms with van der Waals surface area (Å²) in [7, 11) is 0. The maximum Gasteiger partial charge on any atom is 0.225 e. The second-order valence-corrected chi connectivity index (χ2v) is 9.86. The van der Waals surface area contributed by atoms with E-state index in [1.165, 1.54) is 12.1 Å². The number of aromatic nitrogens is 4. The van der Waals surface area contributed by atoms with Crippen LogP contribution in [0.5, 0.6) is 0 Å². The number of rotatable bonds is 6. The molecule has 186 valence electrons. The molecule has 1 aliphatic carbocycles. The number of hydrogen-bond acceptors (Lipinski definition) is 7. The first-order valence-electron chi connectivity index (χ1n) is 11.7. The van der Waals surface area contributed by atoms with E-state index in [2.05, 4.69) is 15.6 Å². The summed E-state index contributed by atoms with van der Waals surface area (Å²) in [6.07, 6.45) is 6.42. The van der Waals surface area contributed by atoms with Crippen LogP contribution in [-0.4, -0.2) is 44.7 Å². The number of hydrogen-bond donors (Lipinski definition) is 3. The van der Waals surface area contributed by atoms with Crippen molar-refractivity contribution < 1.29 is 13.9 Å². The Morgan fingerprint density at radius 3 is 2.54 bits per heavy atom. The van der Waals surface area contributed by atoms with Gasteiger partial charge in [0.25, 0.3) is 0 Å². The lowest BCUT2D eigenvalue weighted by molar-refractivity contribution is -0.122. The predicted molar refractivity (Wildman–Crippen MR) is 133 cm³/mol. The molecule has 5 rings (SSSR count). The van der Waals surface area contributed by atoms with Crippen LogP contribution in [0.4, 0.5) is 22.0 Å². The highest BCUT2D eigenvalue weighted by Gasteiger charge is 2.29. The van der Waals surface area contributed by atoms with E-state index < -0.39 is 5.82 Å². The molecule has 1 amide bonds. The summed E-state index contributed by atoms with van der Waals surface area (Å²) in [5.41, 5.74) is 7.11. The van der Waals surface area contributed by atoms with E-state index in [0.29, 0.717) is 48.2 Å². The molecule has 2 fully saturated rings. The molecule has 2 aromatic heterocycles. The topological polar surface area (TPSA) is 120 Å². The molecule has 9 nitrogen and oxygen atoms in total. The number of primary amides is 1. The number of imidazole rings is 1. The van der Waals surface area contributed by atoms with Gasteiger partial charge in [-0.05, 0) is 50.7 Å². The number of carbonyl (C=O) groups is 1. The van der Waals surface area contributed by atoms with Gasteiger partial charge in [0.15, 0.2) is 5.65 Å². The van der Waals surface area contributed by atoms with Gasteiger partial charge in [-0.1, -0.05) is 23.2 Å². The van der Waals surface area contributed by atoms with Crippen LogP contribution in [0.25, 0.3) is 11.2 Å². The molecule has 2 aliphatic rings. The van der Waals surface area contributed by atoms with Gasteiger partial charge in [0.05, 0.1) is 34.6 Å². The number of ether oxygens (including phenoxy) is 1. The Morgan fingerprint density at radius 1 is 1.14 bits per heavy atom. The van der Waals surface area contributed by atoms with Gasteiger partial charge < -0.3 is 21.1 Å². The highest BCUT2D eigenvalue weighted by atomic mass is 35.5. The molecule has 3 aromatic rings. The van der Waals surface area contributed by atoms with Crippen LogP contribution < -0.4 is 16.4 Å². The van der Waals surface area contributed by atoms with Gasteiger partial charge in [-0.25, -0.2) is 14.4 Å². The first-order valence-corrected chi connectivity index (χ1v) is 12.4. The Kier molecular flexibility index (Phi) is 6.95. The third-order valence-corrected chi connectivity index (χ3v) is 7.23. The monoisotopic (exact) mass is 521 g/mol. The van der Waals surface area contributed by atoms with E-state index in [4.69, 9.17) is 43.6 Å². The smallest absolute Gasteiger partial charge is 0.225 e. The van der Waals surface area contributed by atoms with Gasteiger partial charge in [-0.15, -0.1) is 0 Å². The minimum absolute atomic E-state index is 0.0110. The first-order chi connectivity index (χ1) is 16.9. The van der Waals surface area contributed by atoms with Crippen molar-refractivity contribution >= 4 is 57.9 Å².